The predicted octanol–water partition coefficient (Wildman–Crippen LogP) is 4.11. The Hall–Kier alpha value is -3.08. The van der Waals surface area contributed by atoms with Crippen molar-refractivity contribution in [3.63, 3.8) is 0 Å². The second-order valence-electron chi connectivity index (χ2n) is 7.22. The second-order valence-corrected chi connectivity index (χ2v) is 7.22. The fourth-order valence-electron chi connectivity index (χ4n) is 3.76. The number of benzene rings is 2. The Bertz CT molecular complexity index is 1000. The molecule has 1 N–H and O–H groups in total. The molecular weight excluding hydrogens is 336 g/mol. The molecule has 5 heteroatoms. The number of rotatable bonds is 3. The molecule has 2 heterocycles. The fraction of sp³-hybridized carbons (Fsp3) is 0.273. The van der Waals surface area contributed by atoms with Crippen LogP contribution >= 0.6 is 0 Å². The summed E-state index contributed by atoms with van der Waals surface area (Å²) in [6.07, 6.45) is -0.248. The lowest BCUT2D eigenvalue weighted by molar-refractivity contribution is 0.0665. The van der Waals surface area contributed by atoms with Gasteiger partial charge in [-0.3, -0.25) is 9.48 Å². The minimum atomic E-state index is -0.248. The second kappa shape index (κ2) is 6.58. The van der Waals surface area contributed by atoms with Gasteiger partial charge in [0.1, 0.15) is 6.17 Å². The molecule has 4 rings (SSSR count). The third-order valence-corrected chi connectivity index (χ3v) is 5.33. The summed E-state index contributed by atoms with van der Waals surface area (Å²) in [4.78, 5) is 15.3. The summed E-state index contributed by atoms with van der Waals surface area (Å²) in [5.41, 5.74) is 6.96. The number of carbonyl (C=O) groups is 1. The number of para-hydroxylation sites is 1. The van der Waals surface area contributed by atoms with Gasteiger partial charge in [0.15, 0.2) is 0 Å². The monoisotopic (exact) mass is 360 g/mol. The summed E-state index contributed by atoms with van der Waals surface area (Å²) in [5.74, 6) is 0.0394. The first-order valence-corrected chi connectivity index (χ1v) is 9.18. The highest BCUT2D eigenvalue weighted by Gasteiger charge is 2.35. The maximum Gasteiger partial charge on any atom is 0.258 e. The van der Waals surface area contributed by atoms with Gasteiger partial charge in [0, 0.05) is 30.5 Å². The number of carbonyl (C=O) groups excluding carboxylic acids is 1. The minimum Gasteiger partial charge on any atom is -0.361 e. The zero-order valence-corrected chi connectivity index (χ0v) is 16.2. The quantitative estimate of drug-likeness (QED) is 0.765. The highest BCUT2D eigenvalue weighted by molar-refractivity contribution is 6.01. The average molecular weight is 360 g/mol. The first-order valence-electron chi connectivity index (χ1n) is 9.18. The van der Waals surface area contributed by atoms with E-state index in [2.05, 4.69) is 41.6 Å². The van der Waals surface area contributed by atoms with Gasteiger partial charge >= 0.3 is 0 Å². The molecule has 0 aliphatic carbocycles. The van der Waals surface area contributed by atoms with Gasteiger partial charge in [-0.05, 0) is 38.5 Å². The summed E-state index contributed by atoms with van der Waals surface area (Å²) >= 11 is 0. The lowest BCUT2D eigenvalue weighted by Gasteiger charge is -2.38. The molecule has 5 nitrogen and oxygen atoms in total. The Morgan fingerprint density at radius 2 is 1.74 bits per heavy atom. The van der Waals surface area contributed by atoms with Crippen molar-refractivity contribution in [2.45, 2.75) is 33.5 Å². The maximum atomic E-state index is 13.4. The number of hydrogen-bond acceptors (Lipinski definition) is 3. The molecule has 0 spiro atoms. The van der Waals surface area contributed by atoms with E-state index in [1.807, 2.05) is 54.7 Å². The summed E-state index contributed by atoms with van der Waals surface area (Å²) in [7, 11) is 1.94. The molecule has 0 radical (unpaired) electrons. The molecule has 1 amide bonds. The number of aryl methyl sites for hydroxylation is 3. The van der Waals surface area contributed by atoms with Gasteiger partial charge in [0.05, 0.1) is 11.3 Å². The van der Waals surface area contributed by atoms with Crippen LogP contribution in [0.3, 0.4) is 0 Å². The zero-order chi connectivity index (χ0) is 19.1. The zero-order valence-electron chi connectivity index (χ0n) is 16.2. The van der Waals surface area contributed by atoms with E-state index >= 15 is 0 Å². The molecule has 0 saturated heterocycles. The topological polar surface area (TPSA) is 50.2 Å². The standard InChI is InChI=1S/C22H24N4O/c1-14-9-11-17(12-10-14)13-26-21(20-15(2)24-25(4)16(20)3)23-19-8-6-5-7-18(19)22(26)27/h5-12,21,23H,13H2,1-4H3/t21-/m0/s1. The van der Waals surface area contributed by atoms with E-state index < -0.39 is 0 Å². The van der Waals surface area contributed by atoms with Crippen molar-refractivity contribution in [3.05, 3.63) is 82.2 Å². The predicted molar refractivity (Wildman–Crippen MR) is 107 cm³/mol. The van der Waals surface area contributed by atoms with E-state index in [-0.39, 0.29) is 12.1 Å². The average Bonchev–Trinajstić information content (AvgIpc) is 2.91. The van der Waals surface area contributed by atoms with E-state index in [0.717, 1.165) is 28.2 Å². The molecule has 27 heavy (non-hydrogen) atoms. The third kappa shape index (κ3) is 2.99. The van der Waals surface area contributed by atoms with Gasteiger partial charge in [-0.1, -0.05) is 42.0 Å². The summed E-state index contributed by atoms with van der Waals surface area (Å²) in [6, 6.07) is 16.0. The smallest absolute Gasteiger partial charge is 0.258 e. The highest BCUT2D eigenvalue weighted by Crippen LogP contribution is 2.36. The Balaban J connectivity index is 1.80. The molecule has 3 aromatic rings. The molecule has 1 atom stereocenters. The van der Waals surface area contributed by atoms with E-state index in [1.165, 1.54) is 5.56 Å². The van der Waals surface area contributed by atoms with Crippen LogP contribution in [0.4, 0.5) is 5.69 Å². The largest absolute Gasteiger partial charge is 0.361 e. The van der Waals surface area contributed by atoms with Crippen molar-refractivity contribution in [1.29, 1.82) is 0 Å². The normalized spacial score (nSPS) is 16.2. The van der Waals surface area contributed by atoms with Gasteiger partial charge < -0.3 is 10.2 Å². The number of aromatic nitrogens is 2. The van der Waals surface area contributed by atoms with Gasteiger partial charge in [0.25, 0.3) is 5.91 Å². The minimum absolute atomic E-state index is 0.0394. The van der Waals surface area contributed by atoms with Crippen molar-refractivity contribution < 1.29 is 4.79 Å². The molecule has 0 saturated carbocycles. The van der Waals surface area contributed by atoms with Crippen molar-refractivity contribution in [3.8, 4) is 0 Å². The highest BCUT2D eigenvalue weighted by atomic mass is 16.2. The van der Waals surface area contributed by atoms with Crippen LogP contribution in [0.2, 0.25) is 0 Å². The number of fused-ring (bicyclic) bond motifs is 1. The van der Waals surface area contributed by atoms with Gasteiger partial charge in [-0.15, -0.1) is 0 Å². The van der Waals surface area contributed by atoms with E-state index in [1.54, 1.807) is 0 Å². The number of anilines is 1. The molecule has 0 bridgehead atoms. The third-order valence-electron chi connectivity index (χ3n) is 5.33. The van der Waals surface area contributed by atoms with Gasteiger partial charge in [0.2, 0.25) is 0 Å². The number of hydrogen-bond donors (Lipinski definition) is 1. The number of amides is 1. The van der Waals surface area contributed by atoms with Crippen molar-refractivity contribution >= 4 is 11.6 Å². The molecule has 1 aromatic heterocycles. The Morgan fingerprint density at radius 1 is 1.04 bits per heavy atom. The molecule has 0 fully saturated rings. The van der Waals surface area contributed by atoms with Crippen LogP contribution in [0.15, 0.2) is 48.5 Å². The first kappa shape index (κ1) is 17.3. The molecular formula is C22H24N4O. The number of nitrogens with zero attached hydrogens (tertiary/aromatic N) is 3. The number of nitrogens with one attached hydrogen (secondary N) is 1. The fourth-order valence-corrected chi connectivity index (χ4v) is 3.76. The lowest BCUT2D eigenvalue weighted by Crippen LogP contribution is -2.42. The summed E-state index contributed by atoms with van der Waals surface area (Å²) in [6.45, 7) is 6.66. The van der Waals surface area contributed by atoms with E-state index in [9.17, 15) is 4.79 Å². The first-order chi connectivity index (χ1) is 13.0. The maximum absolute atomic E-state index is 13.4. The molecule has 1 aliphatic rings. The van der Waals surface area contributed by atoms with E-state index in [0.29, 0.717) is 12.1 Å². The molecule has 2 aromatic carbocycles. The van der Waals surface area contributed by atoms with Crippen LogP contribution in [0.5, 0.6) is 0 Å². The van der Waals surface area contributed by atoms with Crippen LogP contribution in [-0.4, -0.2) is 20.6 Å². The van der Waals surface area contributed by atoms with Gasteiger partial charge in [-0.25, -0.2) is 0 Å². The molecule has 1 aliphatic heterocycles. The summed E-state index contributed by atoms with van der Waals surface area (Å²) < 4.78 is 1.88. The lowest BCUT2D eigenvalue weighted by atomic mass is 10.0. The Morgan fingerprint density at radius 3 is 2.41 bits per heavy atom. The van der Waals surface area contributed by atoms with Crippen LogP contribution < -0.4 is 5.32 Å². The molecule has 138 valence electrons. The van der Waals surface area contributed by atoms with Crippen LogP contribution in [0.1, 0.15) is 44.6 Å². The van der Waals surface area contributed by atoms with E-state index in [4.69, 9.17) is 0 Å². The van der Waals surface area contributed by atoms with Crippen LogP contribution in [-0.2, 0) is 13.6 Å². The summed E-state index contributed by atoms with van der Waals surface area (Å²) in [5, 5.41) is 8.13. The van der Waals surface area contributed by atoms with Crippen LogP contribution in [0.25, 0.3) is 0 Å². The Labute approximate surface area is 159 Å². The van der Waals surface area contributed by atoms with Crippen molar-refractivity contribution in [1.82, 2.24) is 14.7 Å². The van der Waals surface area contributed by atoms with Crippen molar-refractivity contribution in [2.75, 3.05) is 5.32 Å². The molecule has 0 unspecified atom stereocenters. The van der Waals surface area contributed by atoms with Gasteiger partial charge in [-0.2, -0.15) is 5.10 Å². The van der Waals surface area contributed by atoms with Crippen LogP contribution in [0, 0.1) is 20.8 Å². The SMILES string of the molecule is Cc1ccc(CN2C(=O)c3ccccc3N[C@@H]2c2c(C)nn(C)c2C)cc1. The van der Waals surface area contributed by atoms with Crippen molar-refractivity contribution in [2.24, 2.45) is 7.05 Å². The Kier molecular flexibility index (Phi) is 4.22.